The molecule has 0 amide bonds. The standard InChI is InChI=1S/C18H26N6O2/c1-12(2)26-17-5-6-19-18(23-17)20-9-14-8-15(25-4)10-24(14)16-7-13(3)21-11-22-16/h5-7,11-12,14-15H,8-10H2,1-4H3,(H,19,20,23)/t14-,15-/m0/s1. The molecule has 0 saturated carbocycles. The summed E-state index contributed by atoms with van der Waals surface area (Å²) in [4.78, 5) is 19.5. The fourth-order valence-electron chi connectivity index (χ4n) is 3.06. The highest BCUT2D eigenvalue weighted by molar-refractivity contribution is 5.43. The van der Waals surface area contributed by atoms with Crippen LogP contribution in [-0.2, 0) is 4.74 Å². The normalized spacial score (nSPS) is 19.8. The van der Waals surface area contributed by atoms with Crippen molar-refractivity contribution in [3.8, 4) is 5.88 Å². The van der Waals surface area contributed by atoms with Crippen LogP contribution in [0.1, 0.15) is 26.0 Å². The number of rotatable bonds is 7. The molecule has 26 heavy (non-hydrogen) atoms. The molecule has 2 aromatic rings. The summed E-state index contributed by atoms with van der Waals surface area (Å²) in [6, 6.07) is 3.99. The monoisotopic (exact) mass is 358 g/mol. The van der Waals surface area contributed by atoms with E-state index in [9.17, 15) is 0 Å². The Balaban J connectivity index is 1.69. The third-order valence-electron chi connectivity index (χ3n) is 4.28. The summed E-state index contributed by atoms with van der Waals surface area (Å²) in [5.74, 6) is 2.05. The molecule has 2 aromatic heterocycles. The van der Waals surface area contributed by atoms with Crippen LogP contribution < -0.4 is 15.0 Å². The van der Waals surface area contributed by atoms with Crippen LogP contribution in [-0.4, -0.2) is 58.4 Å². The fourth-order valence-corrected chi connectivity index (χ4v) is 3.06. The van der Waals surface area contributed by atoms with Crippen LogP contribution in [0.3, 0.4) is 0 Å². The Morgan fingerprint density at radius 1 is 1.31 bits per heavy atom. The Morgan fingerprint density at radius 2 is 2.15 bits per heavy atom. The van der Waals surface area contributed by atoms with Gasteiger partial charge in [-0.3, -0.25) is 0 Å². The number of aryl methyl sites for hydroxylation is 1. The smallest absolute Gasteiger partial charge is 0.226 e. The number of aromatic nitrogens is 4. The van der Waals surface area contributed by atoms with Gasteiger partial charge in [-0.2, -0.15) is 4.98 Å². The first kappa shape index (κ1) is 18.3. The summed E-state index contributed by atoms with van der Waals surface area (Å²) >= 11 is 0. The van der Waals surface area contributed by atoms with Gasteiger partial charge in [0.15, 0.2) is 0 Å². The van der Waals surface area contributed by atoms with E-state index in [2.05, 4.69) is 30.2 Å². The Kier molecular flexibility index (Phi) is 5.82. The molecule has 0 aromatic carbocycles. The quantitative estimate of drug-likeness (QED) is 0.805. The Bertz CT molecular complexity index is 726. The zero-order valence-corrected chi connectivity index (χ0v) is 15.7. The molecule has 1 fully saturated rings. The number of nitrogens with one attached hydrogen (secondary N) is 1. The van der Waals surface area contributed by atoms with E-state index in [1.165, 1.54) is 0 Å². The first-order valence-electron chi connectivity index (χ1n) is 8.87. The van der Waals surface area contributed by atoms with Crippen molar-refractivity contribution in [2.75, 3.05) is 30.4 Å². The lowest BCUT2D eigenvalue weighted by atomic mass is 10.2. The van der Waals surface area contributed by atoms with E-state index < -0.39 is 0 Å². The highest BCUT2D eigenvalue weighted by Gasteiger charge is 2.33. The van der Waals surface area contributed by atoms with E-state index in [1.807, 2.05) is 26.8 Å². The largest absolute Gasteiger partial charge is 0.475 e. The van der Waals surface area contributed by atoms with E-state index in [1.54, 1.807) is 25.7 Å². The molecule has 8 nitrogen and oxygen atoms in total. The molecular weight excluding hydrogens is 332 g/mol. The van der Waals surface area contributed by atoms with Crippen molar-refractivity contribution in [1.29, 1.82) is 0 Å². The molecule has 0 spiro atoms. The summed E-state index contributed by atoms with van der Waals surface area (Å²) < 4.78 is 11.2. The summed E-state index contributed by atoms with van der Waals surface area (Å²) in [5.41, 5.74) is 0.949. The Hall–Kier alpha value is -2.48. The van der Waals surface area contributed by atoms with Gasteiger partial charge in [-0.25, -0.2) is 15.0 Å². The van der Waals surface area contributed by atoms with E-state index in [4.69, 9.17) is 9.47 Å². The molecule has 0 radical (unpaired) electrons. The molecular formula is C18H26N6O2. The van der Waals surface area contributed by atoms with Crippen molar-refractivity contribution in [2.24, 2.45) is 0 Å². The van der Waals surface area contributed by atoms with E-state index in [0.717, 1.165) is 24.5 Å². The molecule has 1 saturated heterocycles. The highest BCUT2D eigenvalue weighted by atomic mass is 16.5. The van der Waals surface area contributed by atoms with Crippen LogP contribution in [0.25, 0.3) is 0 Å². The van der Waals surface area contributed by atoms with Gasteiger partial charge in [-0.05, 0) is 27.2 Å². The van der Waals surface area contributed by atoms with Gasteiger partial charge in [0.2, 0.25) is 11.8 Å². The van der Waals surface area contributed by atoms with Gasteiger partial charge in [0.25, 0.3) is 0 Å². The molecule has 140 valence electrons. The van der Waals surface area contributed by atoms with Crippen molar-refractivity contribution >= 4 is 11.8 Å². The Morgan fingerprint density at radius 3 is 2.88 bits per heavy atom. The van der Waals surface area contributed by atoms with Crippen LogP contribution >= 0.6 is 0 Å². The molecule has 0 unspecified atom stereocenters. The molecule has 1 aliphatic rings. The van der Waals surface area contributed by atoms with Crippen LogP contribution in [0, 0.1) is 6.92 Å². The van der Waals surface area contributed by atoms with Crippen molar-refractivity contribution in [2.45, 2.75) is 45.4 Å². The molecule has 8 heteroatoms. The molecule has 0 bridgehead atoms. The third-order valence-corrected chi connectivity index (χ3v) is 4.28. The maximum absolute atomic E-state index is 5.63. The van der Waals surface area contributed by atoms with Gasteiger partial charge < -0.3 is 19.7 Å². The topological polar surface area (TPSA) is 85.3 Å². The summed E-state index contributed by atoms with van der Waals surface area (Å²) in [6.45, 7) is 7.40. The number of hydrogen-bond donors (Lipinski definition) is 1. The number of anilines is 2. The fraction of sp³-hybridized carbons (Fsp3) is 0.556. The minimum absolute atomic E-state index is 0.0755. The van der Waals surface area contributed by atoms with Crippen molar-refractivity contribution in [3.63, 3.8) is 0 Å². The molecule has 1 aliphatic heterocycles. The average Bonchev–Trinajstić information content (AvgIpc) is 3.03. The summed E-state index contributed by atoms with van der Waals surface area (Å²) in [6.07, 6.45) is 4.46. The lowest BCUT2D eigenvalue weighted by molar-refractivity contribution is 0.118. The predicted octanol–water partition coefficient (Wildman–Crippen LogP) is 2.07. The molecule has 2 atom stereocenters. The summed E-state index contributed by atoms with van der Waals surface area (Å²) in [5, 5.41) is 3.32. The average molecular weight is 358 g/mol. The molecule has 0 aliphatic carbocycles. The zero-order chi connectivity index (χ0) is 18.5. The van der Waals surface area contributed by atoms with Crippen molar-refractivity contribution in [3.05, 3.63) is 30.4 Å². The zero-order valence-electron chi connectivity index (χ0n) is 15.7. The van der Waals surface area contributed by atoms with E-state index in [-0.39, 0.29) is 18.2 Å². The minimum atomic E-state index is 0.0755. The minimum Gasteiger partial charge on any atom is -0.475 e. The van der Waals surface area contributed by atoms with Gasteiger partial charge in [0.05, 0.1) is 18.2 Å². The van der Waals surface area contributed by atoms with Gasteiger partial charge in [0, 0.05) is 44.2 Å². The first-order valence-corrected chi connectivity index (χ1v) is 8.87. The van der Waals surface area contributed by atoms with Crippen molar-refractivity contribution < 1.29 is 9.47 Å². The van der Waals surface area contributed by atoms with E-state index in [0.29, 0.717) is 18.4 Å². The first-order chi connectivity index (χ1) is 12.5. The number of methoxy groups -OCH3 is 1. The third kappa shape index (κ3) is 4.57. The number of ether oxygens (including phenoxy) is 2. The van der Waals surface area contributed by atoms with Crippen LogP contribution in [0.15, 0.2) is 24.7 Å². The maximum Gasteiger partial charge on any atom is 0.226 e. The second-order valence-corrected chi connectivity index (χ2v) is 6.68. The molecule has 3 heterocycles. The lowest BCUT2D eigenvalue weighted by Gasteiger charge is -2.25. The van der Waals surface area contributed by atoms with Crippen LogP contribution in [0.4, 0.5) is 11.8 Å². The van der Waals surface area contributed by atoms with Crippen LogP contribution in [0.5, 0.6) is 5.88 Å². The van der Waals surface area contributed by atoms with Gasteiger partial charge in [-0.1, -0.05) is 0 Å². The van der Waals surface area contributed by atoms with Gasteiger partial charge in [0.1, 0.15) is 12.1 Å². The van der Waals surface area contributed by atoms with Gasteiger partial charge >= 0.3 is 0 Å². The Labute approximate surface area is 154 Å². The second-order valence-electron chi connectivity index (χ2n) is 6.68. The van der Waals surface area contributed by atoms with Crippen LogP contribution in [0.2, 0.25) is 0 Å². The highest BCUT2D eigenvalue weighted by Crippen LogP contribution is 2.26. The molecule has 1 N–H and O–H groups in total. The predicted molar refractivity (Wildman–Crippen MR) is 99.6 cm³/mol. The second kappa shape index (κ2) is 8.27. The van der Waals surface area contributed by atoms with E-state index >= 15 is 0 Å². The number of hydrogen-bond acceptors (Lipinski definition) is 8. The number of nitrogens with zero attached hydrogens (tertiary/aromatic N) is 5. The summed E-state index contributed by atoms with van der Waals surface area (Å²) in [7, 11) is 1.75. The lowest BCUT2D eigenvalue weighted by Crippen LogP contribution is -2.36. The SMILES string of the molecule is CO[C@H]1C[C@@H](CNc2nccc(OC(C)C)n2)N(c2cc(C)ncn2)C1. The van der Waals surface area contributed by atoms with Crippen molar-refractivity contribution in [1.82, 2.24) is 19.9 Å². The van der Waals surface area contributed by atoms with Gasteiger partial charge in [-0.15, -0.1) is 0 Å². The molecule has 3 rings (SSSR count). The maximum atomic E-state index is 5.63.